The average molecular weight is 965 g/mol. The molecule has 1 aromatic heterocycles. The van der Waals surface area contributed by atoms with Gasteiger partial charge in [-0.3, -0.25) is 0 Å². The maximum atomic E-state index is 2.52. The van der Waals surface area contributed by atoms with Crippen LogP contribution in [-0.2, 0) is 10.8 Å². The molecule has 1 unspecified atom stereocenters. The standard InChI is InChI=1S/C74H48N2/c1-4-22-52(23-5-1)73(53-24-6-2-7-25-53)64-35-13-11-30-59(64)62-33-19-32-57(71(62)73)49-41-44-55(45-42-49)75(54-26-8-3-9-27-54)56-28-18-21-50(47-56)51-43-46-60-58-29-10-14-36-65(58)74(68(60)48-51)66-37-15-17-40-70(66)76-69-39-16-12-31-61(69)63-34-20-38-67(74)72(63)76/h1-48H. The van der Waals surface area contributed by atoms with E-state index in [4.69, 9.17) is 0 Å². The van der Waals surface area contributed by atoms with Crippen molar-refractivity contribution >= 4 is 38.9 Å². The highest BCUT2D eigenvalue weighted by molar-refractivity contribution is 6.13. The van der Waals surface area contributed by atoms with Gasteiger partial charge in [0, 0.05) is 27.8 Å². The van der Waals surface area contributed by atoms with E-state index in [0.717, 1.165) is 22.6 Å². The molecule has 1 aliphatic heterocycles. The quantitative estimate of drug-likeness (QED) is 0.155. The van der Waals surface area contributed by atoms with Crippen LogP contribution in [0.25, 0.3) is 72.0 Å². The summed E-state index contributed by atoms with van der Waals surface area (Å²) in [5.74, 6) is 0. The highest BCUT2D eigenvalue weighted by Crippen LogP contribution is 2.62. The summed E-state index contributed by atoms with van der Waals surface area (Å²) in [6.07, 6.45) is 0. The Balaban J connectivity index is 0.843. The second-order valence-electron chi connectivity index (χ2n) is 20.7. The maximum Gasteiger partial charge on any atom is 0.0754 e. The lowest BCUT2D eigenvalue weighted by Crippen LogP contribution is -2.33. The van der Waals surface area contributed by atoms with Gasteiger partial charge in [-0.1, -0.05) is 237 Å². The van der Waals surface area contributed by atoms with Crippen LogP contribution in [0, 0.1) is 0 Å². The van der Waals surface area contributed by atoms with E-state index < -0.39 is 10.8 Å². The Bertz CT molecular complexity index is 4410. The molecule has 0 fully saturated rings. The van der Waals surface area contributed by atoms with E-state index in [9.17, 15) is 0 Å². The number of rotatable bonds is 7. The van der Waals surface area contributed by atoms with Crippen LogP contribution in [0.2, 0.25) is 0 Å². The number of aromatic nitrogens is 1. The average Bonchev–Trinajstić information content (AvgIpc) is 4.31. The van der Waals surface area contributed by atoms with E-state index in [0.29, 0.717) is 0 Å². The summed E-state index contributed by atoms with van der Waals surface area (Å²) in [6, 6.07) is 109. The molecule has 16 rings (SSSR count). The first-order valence-corrected chi connectivity index (χ1v) is 26.5. The Morgan fingerprint density at radius 1 is 0.276 bits per heavy atom. The number of para-hydroxylation sites is 4. The molecule has 0 radical (unpaired) electrons. The smallest absolute Gasteiger partial charge is 0.0754 e. The fraction of sp³-hybridized carbons (Fsp3) is 0.0270. The monoisotopic (exact) mass is 964 g/mol. The number of hydrogen-bond acceptors (Lipinski definition) is 1. The van der Waals surface area contributed by atoms with Crippen molar-refractivity contribution in [1.82, 2.24) is 4.57 Å². The lowest BCUT2D eigenvalue weighted by molar-refractivity contribution is 0.749. The van der Waals surface area contributed by atoms with Gasteiger partial charge in [-0.15, -0.1) is 0 Å². The van der Waals surface area contributed by atoms with Gasteiger partial charge < -0.3 is 9.47 Å². The van der Waals surface area contributed by atoms with Gasteiger partial charge in [-0.25, -0.2) is 0 Å². The molecule has 2 aliphatic carbocycles. The minimum absolute atomic E-state index is 0.506. The zero-order chi connectivity index (χ0) is 50.0. The second kappa shape index (κ2) is 16.4. The van der Waals surface area contributed by atoms with Crippen LogP contribution in [0.4, 0.5) is 17.1 Å². The van der Waals surface area contributed by atoms with E-state index in [1.165, 1.54) is 111 Å². The molecule has 0 saturated heterocycles. The highest BCUT2D eigenvalue weighted by atomic mass is 15.1. The first-order valence-electron chi connectivity index (χ1n) is 26.5. The fourth-order valence-electron chi connectivity index (χ4n) is 14.1. The maximum absolute atomic E-state index is 2.52. The molecule has 2 nitrogen and oxygen atoms in total. The summed E-state index contributed by atoms with van der Waals surface area (Å²) in [7, 11) is 0. The van der Waals surface area contributed by atoms with Crippen LogP contribution in [0.15, 0.2) is 291 Å². The summed E-state index contributed by atoms with van der Waals surface area (Å²) >= 11 is 0. The second-order valence-corrected chi connectivity index (χ2v) is 20.7. The molecule has 3 aliphatic rings. The minimum Gasteiger partial charge on any atom is -0.310 e. The summed E-state index contributed by atoms with van der Waals surface area (Å²) in [6.45, 7) is 0. The molecule has 2 heteroatoms. The molecular formula is C74H48N2. The topological polar surface area (TPSA) is 8.17 Å². The first kappa shape index (κ1) is 42.7. The number of benzene rings is 12. The lowest BCUT2D eigenvalue weighted by atomic mass is 9.65. The lowest BCUT2D eigenvalue weighted by Gasteiger charge is -2.39. The summed E-state index contributed by atoms with van der Waals surface area (Å²) in [5.41, 5.74) is 26.4. The molecule has 0 bridgehead atoms. The van der Waals surface area contributed by atoms with Gasteiger partial charge >= 0.3 is 0 Å². The van der Waals surface area contributed by atoms with Crippen molar-refractivity contribution in [3.8, 4) is 50.2 Å². The van der Waals surface area contributed by atoms with E-state index in [1.807, 2.05) is 0 Å². The van der Waals surface area contributed by atoms with Gasteiger partial charge in [-0.05, 0) is 144 Å². The third kappa shape index (κ3) is 5.76. The van der Waals surface area contributed by atoms with Crippen LogP contribution in [0.5, 0.6) is 0 Å². The van der Waals surface area contributed by atoms with Crippen molar-refractivity contribution < 1.29 is 0 Å². The van der Waals surface area contributed by atoms with E-state index in [-0.39, 0.29) is 0 Å². The van der Waals surface area contributed by atoms with Crippen LogP contribution < -0.4 is 4.90 Å². The molecular weight excluding hydrogens is 917 g/mol. The van der Waals surface area contributed by atoms with Gasteiger partial charge in [0.05, 0.1) is 27.6 Å². The molecule has 0 amide bonds. The third-order valence-corrected chi connectivity index (χ3v) is 17.1. The van der Waals surface area contributed by atoms with Crippen molar-refractivity contribution in [1.29, 1.82) is 0 Å². The van der Waals surface area contributed by atoms with E-state index >= 15 is 0 Å². The van der Waals surface area contributed by atoms with E-state index in [1.54, 1.807) is 0 Å². The third-order valence-electron chi connectivity index (χ3n) is 17.1. The fourth-order valence-corrected chi connectivity index (χ4v) is 14.1. The molecule has 13 aromatic rings. The van der Waals surface area contributed by atoms with Crippen LogP contribution in [-0.4, -0.2) is 4.57 Å². The Morgan fingerprint density at radius 3 is 1.54 bits per heavy atom. The molecule has 12 aromatic carbocycles. The Labute approximate surface area is 442 Å². The highest BCUT2D eigenvalue weighted by Gasteiger charge is 2.51. The van der Waals surface area contributed by atoms with Gasteiger partial charge in [0.2, 0.25) is 0 Å². The number of hydrogen-bond donors (Lipinski definition) is 0. The molecule has 0 N–H and O–H groups in total. The normalized spacial score (nSPS) is 15.0. The zero-order valence-corrected chi connectivity index (χ0v) is 41.6. The molecule has 0 saturated carbocycles. The zero-order valence-electron chi connectivity index (χ0n) is 41.6. The Morgan fingerprint density at radius 2 is 0.776 bits per heavy atom. The molecule has 1 atom stereocenters. The molecule has 2 heterocycles. The largest absolute Gasteiger partial charge is 0.310 e. The number of nitrogens with zero attached hydrogens (tertiary/aromatic N) is 2. The van der Waals surface area contributed by atoms with Gasteiger partial charge in [0.25, 0.3) is 0 Å². The molecule has 76 heavy (non-hydrogen) atoms. The van der Waals surface area contributed by atoms with Crippen LogP contribution in [0.3, 0.4) is 0 Å². The van der Waals surface area contributed by atoms with Crippen molar-refractivity contribution in [2.24, 2.45) is 0 Å². The predicted octanol–water partition coefficient (Wildman–Crippen LogP) is 18.6. The van der Waals surface area contributed by atoms with Gasteiger partial charge in [-0.2, -0.15) is 0 Å². The SMILES string of the molecule is c1ccc(N(c2ccc(-c3cccc4c3C(c3ccccc3)(c3ccccc3)c3ccccc3-4)cc2)c2cccc(-c3ccc4c(c3)C3(c5ccccc5-4)c4ccccc4-n4c5ccccc5c5cccc3c54)c2)cc1. The number of anilines is 3. The van der Waals surface area contributed by atoms with Gasteiger partial charge in [0.1, 0.15) is 0 Å². The van der Waals surface area contributed by atoms with Crippen LogP contribution in [0.1, 0.15) is 44.5 Å². The first-order chi connectivity index (χ1) is 37.7. The summed E-state index contributed by atoms with van der Waals surface area (Å²) in [5, 5.41) is 2.57. The van der Waals surface area contributed by atoms with Crippen molar-refractivity contribution in [2.75, 3.05) is 4.90 Å². The van der Waals surface area contributed by atoms with Gasteiger partial charge in [0.15, 0.2) is 0 Å². The summed E-state index contributed by atoms with van der Waals surface area (Å²) in [4.78, 5) is 2.40. The van der Waals surface area contributed by atoms with Crippen molar-refractivity contribution in [3.63, 3.8) is 0 Å². The Hall–Kier alpha value is -9.76. The summed E-state index contributed by atoms with van der Waals surface area (Å²) < 4.78 is 2.52. The van der Waals surface area contributed by atoms with Crippen molar-refractivity contribution in [3.05, 3.63) is 336 Å². The molecule has 354 valence electrons. The van der Waals surface area contributed by atoms with Crippen molar-refractivity contribution in [2.45, 2.75) is 10.8 Å². The Kier molecular flexibility index (Phi) is 9.20. The number of fused-ring (bicyclic) bond motifs is 15. The van der Waals surface area contributed by atoms with E-state index in [2.05, 4.69) is 301 Å². The minimum atomic E-state index is -0.526. The van der Waals surface area contributed by atoms with Crippen LogP contribution >= 0.6 is 0 Å². The molecule has 1 spiro atoms. The predicted molar refractivity (Wildman–Crippen MR) is 315 cm³/mol.